The van der Waals surface area contributed by atoms with Crippen molar-refractivity contribution >= 4 is 0 Å². The summed E-state index contributed by atoms with van der Waals surface area (Å²) in [7, 11) is 0. The molecule has 4 heteroatoms. The van der Waals surface area contributed by atoms with Gasteiger partial charge in [0, 0.05) is 12.4 Å². The average Bonchev–Trinajstić information content (AvgIpc) is 2.26. The second-order valence-electron chi connectivity index (χ2n) is 3.06. The van der Waals surface area contributed by atoms with Gasteiger partial charge in [-0.1, -0.05) is 0 Å². The van der Waals surface area contributed by atoms with Gasteiger partial charge in [-0.2, -0.15) is 0 Å². The van der Waals surface area contributed by atoms with Crippen LogP contribution in [0.1, 0.15) is 0 Å². The van der Waals surface area contributed by atoms with Crippen LogP contribution in [0.5, 0.6) is 17.2 Å². The first-order valence-corrected chi connectivity index (χ1v) is 4.34. The van der Waals surface area contributed by atoms with E-state index >= 15 is 0 Å². The van der Waals surface area contributed by atoms with E-state index < -0.39 is 0 Å². The maximum atomic E-state index is 9.60. The third-order valence-corrected chi connectivity index (χ3v) is 2.10. The number of pyridine rings is 1. The van der Waals surface area contributed by atoms with Crippen LogP contribution in [0.4, 0.5) is 0 Å². The number of aromatic nitrogens is 1. The molecule has 2 aromatic rings. The molecule has 0 unspecified atom stereocenters. The van der Waals surface area contributed by atoms with Gasteiger partial charge < -0.3 is 15.3 Å². The van der Waals surface area contributed by atoms with Gasteiger partial charge in [0.05, 0.1) is 5.56 Å². The molecule has 1 aromatic heterocycles. The Hall–Kier alpha value is -2.23. The van der Waals surface area contributed by atoms with Gasteiger partial charge >= 0.3 is 0 Å². The molecule has 15 heavy (non-hydrogen) atoms. The van der Waals surface area contributed by atoms with Crippen LogP contribution in [0.15, 0.2) is 36.7 Å². The van der Waals surface area contributed by atoms with Gasteiger partial charge in [0.1, 0.15) is 5.75 Å². The first-order valence-electron chi connectivity index (χ1n) is 4.34. The second kappa shape index (κ2) is 3.49. The zero-order valence-electron chi connectivity index (χ0n) is 7.75. The summed E-state index contributed by atoms with van der Waals surface area (Å²) in [5, 5.41) is 28.5. The highest BCUT2D eigenvalue weighted by Gasteiger charge is 2.13. The van der Waals surface area contributed by atoms with E-state index in [0.29, 0.717) is 5.56 Å². The number of aromatic hydroxyl groups is 3. The van der Waals surface area contributed by atoms with Crippen molar-refractivity contribution in [3.8, 4) is 28.4 Å². The fourth-order valence-corrected chi connectivity index (χ4v) is 1.37. The third-order valence-electron chi connectivity index (χ3n) is 2.10. The van der Waals surface area contributed by atoms with E-state index in [9.17, 15) is 15.3 Å². The fraction of sp³-hybridized carbons (Fsp3) is 0. The van der Waals surface area contributed by atoms with Gasteiger partial charge in [0.2, 0.25) is 0 Å². The van der Waals surface area contributed by atoms with Crippen molar-refractivity contribution < 1.29 is 15.3 Å². The van der Waals surface area contributed by atoms with Crippen LogP contribution < -0.4 is 0 Å². The van der Waals surface area contributed by atoms with E-state index in [4.69, 9.17) is 0 Å². The largest absolute Gasteiger partial charge is 0.507 e. The number of hydrogen-bond acceptors (Lipinski definition) is 4. The summed E-state index contributed by atoms with van der Waals surface area (Å²) in [6.07, 6.45) is 3.08. The summed E-state index contributed by atoms with van der Waals surface area (Å²) >= 11 is 0. The maximum Gasteiger partial charge on any atom is 0.169 e. The molecule has 3 N–H and O–H groups in total. The number of benzene rings is 1. The Kier molecular flexibility index (Phi) is 2.17. The van der Waals surface area contributed by atoms with Gasteiger partial charge in [-0.25, -0.2) is 0 Å². The Morgan fingerprint density at radius 3 is 2.07 bits per heavy atom. The van der Waals surface area contributed by atoms with Crippen molar-refractivity contribution in [2.75, 3.05) is 0 Å². The quantitative estimate of drug-likeness (QED) is 0.488. The standard InChI is InChI=1S/C11H9NO3/c13-8-1-2-9(14)11(15)10(8)7-3-5-12-6-4-7/h1-6,13-15H. The van der Waals surface area contributed by atoms with Crippen LogP contribution in [0.3, 0.4) is 0 Å². The van der Waals surface area contributed by atoms with E-state index in [0.717, 1.165) is 0 Å². The molecule has 0 aliphatic carbocycles. The molecule has 0 atom stereocenters. The Bertz CT molecular complexity index is 483. The lowest BCUT2D eigenvalue weighted by Gasteiger charge is -2.08. The van der Waals surface area contributed by atoms with Gasteiger partial charge in [-0.3, -0.25) is 4.98 Å². The van der Waals surface area contributed by atoms with Crippen LogP contribution in [0, 0.1) is 0 Å². The Balaban J connectivity index is 2.68. The highest BCUT2D eigenvalue weighted by atomic mass is 16.3. The molecule has 1 aromatic carbocycles. The van der Waals surface area contributed by atoms with Crippen LogP contribution in [-0.2, 0) is 0 Å². The van der Waals surface area contributed by atoms with Gasteiger partial charge in [0.15, 0.2) is 11.5 Å². The van der Waals surface area contributed by atoms with Gasteiger partial charge in [-0.05, 0) is 29.8 Å². The molecule has 0 fully saturated rings. The molecule has 0 radical (unpaired) electrons. The zero-order chi connectivity index (χ0) is 10.8. The zero-order valence-corrected chi connectivity index (χ0v) is 7.75. The average molecular weight is 203 g/mol. The van der Waals surface area contributed by atoms with Crippen LogP contribution in [0.25, 0.3) is 11.1 Å². The van der Waals surface area contributed by atoms with E-state index in [2.05, 4.69) is 4.98 Å². The number of rotatable bonds is 1. The lowest BCUT2D eigenvalue weighted by atomic mass is 10.0. The summed E-state index contributed by atoms with van der Waals surface area (Å²) in [4.78, 5) is 3.83. The predicted molar refractivity (Wildman–Crippen MR) is 54.7 cm³/mol. The highest BCUT2D eigenvalue weighted by molar-refractivity contribution is 5.78. The maximum absolute atomic E-state index is 9.60. The third kappa shape index (κ3) is 1.57. The lowest BCUT2D eigenvalue weighted by Crippen LogP contribution is -1.82. The van der Waals surface area contributed by atoms with E-state index in [-0.39, 0.29) is 22.8 Å². The number of nitrogens with zero attached hydrogens (tertiary/aromatic N) is 1. The van der Waals surface area contributed by atoms with Gasteiger partial charge in [0.25, 0.3) is 0 Å². The SMILES string of the molecule is Oc1ccc(O)c(-c2ccncc2)c1O. The molecule has 0 aliphatic rings. The lowest BCUT2D eigenvalue weighted by molar-refractivity contribution is 0.398. The molecule has 0 saturated carbocycles. The Morgan fingerprint density at radius 2 is 1.40 bits per heavy atom. The minimum absolute atomic E-state index is 0.0866. The topological polar surface area (TPSA) is 73.6 Å². The molecule has 1 heterocycles. The van der Waals surface area contributed by atoms with Crippen molar-refractivity contribution in [2.45, 2.75) is 0 Å². The molecule has 0 spiro atoms. The molecular formula is C11H9NO3. The van der Waals surface area contributed by atoms with E-state index in [1.54, 1.807) is 12.1 Å². The molecule has 0 amide bonds. The Morgan fingerprint density at radius 1 is 0.800 bits per heavy atom. The molecular weight excluding hydrogens is 194 g/mol. The first-order chi connectivity index (χ1) is 7.20. The molecule has 4 nitrogen and oxygen atoms in total. The fourth-order valence-electron chi connectivity index (χ4n) is 1.37. The van der Waals surface area contributed by atoms with Crippen molar-refractivity contribution in [2.24, 2.45) is 0 Å². The molecule has 0 aliphatic heterocycles. The van der Waals surface area contributed by atoms with E-state index in [1.165, 1.54) is 24.5 Å². The van der Waals surface area contributed by atoms with Crippen LogP contribution in [-0.4, -0.2) is 20.3 Å². The predicted octanol–water partition coefficient (Wildman–Crippen LogP) is 1.87. The Labute approximate surface area is 86.1 Å². The summed E-state index contributed by atoms with van der Waals surface area (Å²) in [5.74, 6) is -0.683. The summed E-state index contributed by atoms with van der Waals surface area (Å²) in [6, 6.07) is 5.82. The number of phenols is 3. The second-order valence-corrected chi connectivity index (χ2v) is 3.06. The summed E-state index contributed by atoms with van der Waals surface area (Å²) < 4.78 is 0. The number of phenolic OH excluding ortho intramolecular Hbond substituents is 3. The molecule has 76 valence electrons. The van der Waals surface area contributed by atoms with Crippen LogP contribution in [0.2, 0.25) is 0 Å². The summed E-state index contributed by atoms with van der Waals surface area (Å²) in [6.45, 7) is 0. The van der Waals surface area contributed by atoms with Crippen LogP contribution >= 0.6 is 0 Å². The normalized spacial score (nSPS) is 10.1. The van der Waals surface area contributed by atoms with Gasteiger partial charge in [-0.15, -0.1) is 0 Å². The molecule has 0 saturated heterocycles. The summed E-state index contributed by atoms with van der Waals surface area (Å²) in [5.41, 5.74) is 0.799. The van der Waals surface area contributed by atoms with Crippen molar-refractivity contribution in [1.29, 1.82) is 0 Å². The number of hydrogen-bond donors (Lipinski definition) is 3. The minimum Gasteiger partial charge on any atom is -0.507 e. The highest BCUT2D eigenvalue weighted by Crippen LogP contribution is 2.42. The monoisotopic (exact) mass is 203 g/mol. The first kappa shape index (κ1) is 9.33. The van der Waals surface area contributed by atoms with Crippen molar-refractivity contribution in [3.05, 3.63) is 36.7 Å². The smallest absolute Gasteiger partial charge is 0.169 e. The van der Waals surface area contributed by atoms with Crippen molar-refractivity contribution in [3.63, 3.8) is 0 Å². The van der Waals surface area contributed by atoms with Crippen molar-refractivity contribution in [1.82, 2.24) is 4.98 Å². The molecule has 0 bridgehead atoms. The minimum atomic E-state index is -0.332. The molecule has 2 rings (SSSR count). The van der Waals surface area contributed by atoms with E-state index in [1.807, 2.05) is 0 Å².